The largest absolute Gasteiger partial charge is 0.363 e. The number of aromatic nitrogens is 3. The Labute approximate surface area is 181 Å². The molecule has 0 atom stereocenters. The number of fused-ring (bicyclic) bond motifs is 1. The van der Waals surface area contributed by atoms with Crippen molar-refractivity contribution in [3.63, 3.8) is 0 Å². The molecule has 0 bridgehead atoms. The molecule has 0 unspecified atom stereocenters. The van der Waals surface area contributed by atoms with E-state index in [9.17, 15) is 4.79 Å². The lowest BCUT2D eigenvalue weighted by molar-refractivity contribution is -0.115. The van der Waals surface area contributed by atoms with Crippen molar-refractivity contribution in [2.75, 3.05) is 29.6 Å². The third-order valence-corrected chi connectivity index (χ3v) is 5.05. The van der Waals surface area contributed by atoms with Gasteiger partial charge in [0.2, 0.25) is 11.9 Å². The molecule has 2 heterocycles. The van der Waals surface area contributed by atoms with Crippen molar-refractivity contribution in [2.24, 2.45) is 7.05 Å². The highest BCUT2D eigenvalue weighted by molar-refractivity contribution is 5.96. The first-order valence-electron chi connectivity index (χ1n) is 10.1. The zero-order valence-corrected chi connectivity index (χ0v) is 18.2. The van der Waals surface area contributed by atoms with Crippen LogP contribution < -0.4 is 15.5 Å². The molecule has 0 saturated carbocycles. The molecule has 2 N–H and O–H groups in total. The first kappa shape index (κ1) is 20.4. The topological polar surface area (TPSA) is 75.1 Å². The van der Waals surface area contributed by atoms with Crippen LogP contribution in [0.2, 0.25) is 0 Å². The molecule has 31 heavy (non-hydrogen) atoms. The third-order valence-electron chi connectivity index (χ3n) is 5.05. The number of carbonyl (C=O) groups is 1. The van der Waals surface area contributed by atoms with E-state index in [-0.39, 0.29) is 5.91 Å². The van der Waals surface area contributed by atoms with Crippen molar-refractivity contribution in [3.05, 3.63) is 72.1 Å². The van der Waals surface area contributed by atoms with Crippen LogP contribution in [0.15, 0.2) is 60.8 Å². The van der Waals surface area contributed by atoms with E-state index >= 15 is 0 Å². The minimum absolute atomic E-state index is 0.0466. The van der Waals surface area contributed by atoms with E-state index in [4.69, 9.17) is 0 Å². The SMILES string of the molecule is Cc1cc(N(C)C)nc(Nc2ccc(NC(=O)Cc3cn(C)c4ccccc34)cc2)n1. The number of rotatable bonds is 6. The van der Waals surface area contributed by atoms with Gasteiger partial charge in [-0.3, -0.25) is 4.79 Å². The van der Waals surface area contributed by atoms with E-state index in [1.165, 1.54) is 0 Å². The van der Waals surface area contributed by atoms with Gasteiger partial charge >= 0.3 is 0 Å². The van der Waals surface area contributed by atoms with E-state index in [0.29, 0.717) is 12.4 Å². The Morgan fingerprint density at radius 2 is 1.74 bits per heavy atom. The van der Waals surface area contributed by atoms with Crippen LogP contribution in [-0.4, -0.2) is 34.5 Å². The first-order chi connectivity index (χ1) is 14.9. The molecular formula is C24H26N6O. The molecule has 0 spiro atoms. The molecule has 1 amide bonds. The van der Waals surface area contributed by atoms with Gasteiger partial charge < -0.3 is 20.1 Å². The average molecular weight is 415 g/mol. The van der Waals surface area contributed by atoms with Crippen LogP contribution in [0.1, 0.15) is 11.3 Å². The first-order valence-corrected chi connectivity index (χ1v) is 10.1. The summed E-state index contributed by atoms with van der Waals surface area (Å²) in [5.41, 5.74) is 4.62. The average Bonchev–Trinajstić information content (AvgIpc) is 3.04. The summed E-state index contributed by atoms with van der Waals surface area (Å²) in [6.45, 7) is 1.94. The van der Waals surface area contributed by atoms with Crippen molar-refractivity contribution >= 4 is 40.0 Å². The molecular weight excluding hydrogens is 388 g/mol. The summed E-state index contributed by atoms with van der Waals surface area (Å²) < 4.78 is 2.05. The molecule has 158 valence electrons. The van der Waals surface area contributed by atoms with Crippen molar-refractivity contribution in [2.45, 2.75) is 13.3 Å². The van der Waals surface area contributed by atoms with Gasteiger partial charge in [0.25, 0.3) is 0 Å². The van der Waals surface area contributed by atoms with Crippen LogP contribution in [0.25, 0.3) is 10.9 Å². The van der Waals surface area contributed by atoms with Gasteiger partial charge in [0, 0.05) is 61.4 Å². The monoisotopic (exact) mass is 414 g/mol. The van der Waals surface area contributed by atoms with Gasteiger partial charge in [-0.25, -0.2) is 4.98 Å². The van der Waals surface area contributed by atoms with Crippen LogP contribution in [0.3, 0.4) is 0 Å². The zero-order chi connectivity index (χ0) is 22.0. The van der Waals surface area contributed by atoms with Crippen molar-refractivity contribution in [3.8, 4) is 0 Å². The van der Waals surface area contributed by atoms with Gasteiger partial charge in [-0.15, -0.1) is 0 Å². The van der Waals surface area contributed by atoms with Crippen LogP contribution >= 0.6 is 0 Å². The van der Waals surface area contributed by atoms with Gasteiger partial charge in [-0.2, -0.15) is 4.98 Å². The lowest BCUT2D eigenvalue weighted by Gasteiger charge is -2.14. The number of hydrogen-bond acceptors (Lipinski definition) is 5. The minimum atomic E-state index is -0.0466. The molecule has 2 aromatic heterocycles. The summed E-state index contributed by atoms with van der Waals surface area (Å²) in [6.07, 6.45) is 2.34. The second kappa shape index (κ2) is 8.47. The van der Waals surface area contributed by atoms with E-state index in [0.717, 1.165) is 39.4 Å². The molecule has 0 fully saturated rings. The molecule has 0 aliphatic rings. The van der Waals surface area contributed by atoms with E-state index in [1.54, 1.807) is 0 Å². The number of nitrogens with one attached hydrogen (secondary N) is 2. The smallest absolute Gasteiger partial charge is 0.229 e. The molecule has 7 heteroatoms. The Morgan fingerprint density at radius 1 is 1.03 bits per heavy atom. The maximum Gasteiger partial charge on any atom is 0.229 e. The van der Waals surface area contributed by atoms with Gasteiger partial charge in [0.05, 0.1) is 6.42 Å². The summed E-state index contributed by atoms with van der Waals surface area (Å²) >= 11 is 0. The van der Waals surface area contributed by atoms with Gasteiger partial charge in [-0.05, 0) is 42.8 Å². The Hall–Kier alpha value is -3.87. The van der Waals surface area contributed by atoms with Crippen molar-refractivity contribution in [1.29, 1.82) is 0 Å². The highest BCUT2D eigenvalue weighted by Gasteiger charge is 2.11. The Kier molecular flexibility index (Phi) is 5.58. The number of hydrogen-bond donors (Lipinski definition) is 2. The van der Waals surface area contributed by atoms with E-state index in [2.05, 4.69) is 26.7 Å². The standard InChI is InChI=1S/C24H26N6O/c1-16-13-22(29(2)3)28-24(25-16)27-19-11-9-18(10-12-19)26-23(31)14-17-15-30(4)21-8-6-5-7-20(17)21/h5-13,15H,14H2,1-4H3,(H,26,31)(H,25,27,28). The Balaban J connectivity index is 1.42. The molecule has 0 aliphatic carbocycles. The quantitative estimate of drug-likeness (QED) is 0.493. The second-order valence-corrected chi connectivity index (χ2v) is 7.80. The summed E-state index contributed by atoms with van der Waals surface area (Å²) in [5, 5.41) is 7.30. The van der Waals surface area contributed by atoms with E-state index < -0.39 is 0 Å². The van der Waals surface area contributed by atoms with Crippen molar-refractivity contribution < 1.29 is 4.79 Å². The number of anilines is 4. The number of amides is 1. The molecule has 4 aromatic rings. The summed E-state index contributed by atoms with van der Waals surface area (Å²) in [7, 11) is 5.89. The predicted molar refractivity (Wildman–Crippen MR) is 126 cm³/mol. The maximum absolute atomic E-state index is 12.6. The molecule has 2 aromatic carbocycles. The minimum Gasteiger partial charge on any atom is -0.363 e. The predicted octanol–water partition coefficient (Wildman–Crippen LogP) is 4.27. The second-order valence-electron chi connectivity index (χ2n) is 7.80. The Morgan fingerprint density at radius 3 is 2.48 bits per heavy atom. The lowest BCUT2D eigenvalue weighted by Crippen LogP contribution is -2.14. The highest BCUT2D eigenvalue weighted by Crippen LogP contribution is 2.22. The van der Waals surface area contributed by atoms with Crippen molar-refractivity contribution in [1.82, 2.24) is 14.5 Å². The van der Waals surface area contributed by atoms with Crippen LogP contribution in [-0.2, 0) is 18.3 Å². The number of carbonyl (C=O) groups excluding carboxylic acids is 1. The van der Waals surface area contributed by atoms with Gasteiger partial charge in [-0.1, -0.05) is 18.2 Å². The van der Waals surface area contributed by atoms with Crippen LogP contribution in [0, 0.1) is 6.92 Å². The maximum atomic E-state index is 12.6. The number of benzene rings is 2. The number of nitrogens with zero attached hydrogens (tertiary/aromatic N) is 4. The highest BCUT2D eigenvalue weighted by atomic mass is 16.1. The zero-order valence-electron chi connectivity index (χ0n) is 18.2. The fourth-order valence-electron chi connectivity index (χ4n) is 3.55. The van der Waals surface area contributed by atoms with Gasteiger partial charge in [0.1, 0.15) is 5.82 Å². The fraction of sp³-hybridized carbons (Fsp3) is 0.208. The molecule has 0 saturated heterocycles. The third kappa shape index (κ3) is 4.66. The molecule has 7 nitrogen and oxygen atoms in total. The normalized spacial score (nSPS) is 10.8. The lowest BCUT2D eigenvalue weighted by atomic mass is 10.1. The van der Waals surface area contributed by atoms with E-state index in [1.807, 2.05) is 92.3 Å². The van der Waals surface area contributed by atoms with Crippen LogP contribution in [0.4, 0.5) is 23.1 Å². The fourth-order valence-corrected chi connectivity index (χ4v) is 3.55. The molecule has 0 radical (unpaired) electrons. The summed E-state index contributed by atoms with van der Waals surface area (Å²) in [5.74, 6) is 1.33. The van der Waals surface area contributed by atoms with Gasteiger partial charge in [0.15, 0.2) is 0 Å². The summed E-state index contributed by atoms with van der Waals surface area (Å²) in [6, 6.07) is 17.6. The number of para-hydroxylation sites is 1. The molecule has 0 aliphatic heterocycles. The number of aryl methyl sites for hydroxylation is 2. The summed E-state index contributed by atoms with van der Waals surface area (Å²) in [4.78, 5) is 23.5. The molecule has 4 rings (SSSR count). The van der Waals surface area contributed by atoms with Crippen LogP contribution in [0.5, 0.6) is 0 Å². The Bertz CT molecular complexity index is 1230.